The van der Waals surface area contributed by atoms with Crippen LogP contribution in [0.5, 0.6) is 0 Å². The Hall–Kier alpha value is -3.45. The number of carbonyl (C=O) groups excluding carboxylic acids is 1. The van der Waals surface area contributed by atoms with Crippen LogP contribution in [0.25, 0.3) is 0 Å². The van der Waals surface area contributed by atoms with Gasteiger partial charge in [-0.2, -0.15) is 5.26 Å². The van der Waals surface area contributed by atoms with E-state index >= 15 is 0 Å². The molecule has 0 aromatic carbocycles. The van der Waals surface area contributed by atoms with Crippen LogP contribution in [0.4, 0.5) is 10.1 Å². The van der Waals surface area contributed by atoms with Crippen LogP contribution >= 0.6 is 0 Å². The number of halogens is 1. The molecule has 2 aromatic rings. The first kappa shape index (κ1) is 22.2. The Balaban J connectivity index is 1.31. The zero-order valence-electron chi connectivity index (χ0n) is 17.4. The van der Waals surface area contributed by atoms with Crippen LogP contribution in [-0.2, 0) is 0 Å². The molecule has 1 amide bonds. The molecule has 0 aliphatic carbocycles. The molecular formula is C21H27FN8O. The first-order valence-corrected chi connectivity index (χ1v) is 10.4. The summed E-state index contributed by atoms with van der Waals surface area (Å²) in [5.41, 5.74) is 0.853. The maximum Gasteiger partial charge on any atom is 0.273 e. The van der Waals surface area contributed by atoms with Crippen molar-refractivity contribution in [1.82, 2.24) is 25.1 Å². The lowest BCUT2D eigenvalue weighted by atomic mass is 10.2. The third-order valence-corrected chi connectivity index (χ3v) is 5.09. The number of nitrogens with zero attached hydrogens (tertiary/aromatic N) is 5. The van der Waals surface area contributed by atoms with Crippen LogP contribution < -0.4 is 10.6 Å². The summed E-state index contributed by atoms with van der Waals surface area (Å²) in [6, 6.07) is 4.87. The first-order chi connectivity index (χ1) is 15.2. The van der Waals surface area contributed by atoms with Gasteiger partial charge in [-0.1, -0.05) is 6.42 Å². The maximum atomic E-state index is 13.6. The van der Waals surface area contributed by atoms with E-state index in [-0.39, 0.29) is 11.6 Å². The highest BCUT2D eigenvalue weighted by Crippen LogP contribution is 2.11. The van der Waals surface area contributed by atoms with Gasteiger partial charge in [-0.3, -0.25) is 25.0 Å². The van der Waals surface area contributed by atoms with Crippen molar-refractivity contribution in [3.63, 3.8) is 0 Å². The SMILES string of the molecule is N#CNC(=NCCCCCN1CCN(C(=O)c2[nH]ccc2F)CC1)Nc1ccncc1. The minimum atomic E-state index is -0.501. The fourth-order valence-corrected chi connectivity index (χ4v) is 3.40. The van der Waals surface area contributed by atoms with E-state index < -0.39 is 5.82 Å². The molecule has 1 saturated heterocycles. The number of nitrogens with one attached hydrogen (secondary N) is 3. The number of nitriles is 1. The van der Waals surface area contributed by atoms with E-state index in [9.17, 15) is 9.18 Å². The summed E-state index contributed by atoms with van der Waals surface area (Å²) < 4.78 is 13.6. The Morgan fingerprint density at radius 3 is 2.65 bits per heavy atom. The van der Waals surface area contributed by atoms with Gasteiger partial charge in [0.1, 0.15) is 5.69 Å². The molecule has 10 heteroatoms. The van der Waals surface area contributed by atoms with Crippen LogP contribution in [-0.4, -0.2) is 70.9 Å². The van der Waals surface area contributed by atoms with Crippen molar-refractivity contribution in [2.24, 2.45) is 4.99 Å². The Morgan fingerprint density at radius 2 is 1.97 bits per heavy atom. The number of hydrogen-bond acceptors (Lipinski definition) is 5. The first-order valence-electron chi connectivity index (χ1n) is 10.4. The van der Waals surface area contributed by atoms with E-state index in [1.807, 2.05) is 6.19 Å². The topological polar surface area (TPSA) is 112 Å². The van der Waals surface area contributed by atoms with Gasteiger partial charge in [0, 0.05) is 57.0 Å². The Bertz CT molecular complexity index is 900. The summed E-state index contributed by atoms with van der Waals surface area (Å²) in [7, 11) is 0. The summed E-state index contributed by atoms with van der Waals surface area (Å²) in [6.45, 7) is 4.36. The molecule has 3 heterocycles. The Morgan fingerprint density at radius 1 is 1.19 bits per heavy atom. The number of anilines is 1. The second-order valence-corrected chi connectivity index (χ2v) is 7.22. The van der Waals surface area contributed by atoms with E-state index in [0.29, 0.717) is 25.6 Å². The summed E-state index contributed by atoms with van der Waals surface area (Å²) >= 11 is 0. The molecule has 1 fully saturated rings. The molecule has 3 rings (SSSR count). The number of aromatic nitrogens is 2. The van der Waals surface area contributed by atoms with Gasteiger partial charge in [-0.25, -0.2) is 4.39 Å². The number of guanidine groups is 1. The van der Waals surface area contributed by atoms with E-state index in [1.54, 1.807) is 29.4 Å². The van der Waals surface area contributed by atoms with Crippen LogP contribution in [0.15, 0.2) is 41.8 Å². The number of carbonyl (C=O) groups is 1. The van der Waals surface area contributed by atoms with Crippen molar-refractivity contribution in [3.05, 3.63) is 48.3 Å². The largest absolute Gasteiger partial charge is 0.355 e. The lowest BCUT2D eigenvalue weighted by molar-refractivity contribution is 0.0625. The molecule has 0 saturated carbocycles. The summed E-state index contributed by atoms with van der Waals surface area (Å²) in [6.07, 6.45) is 9.64. The van der Waals surface area contributed by atoms with Gasteiger partial charge in [-0.15, -0.1) is 0 Å². The van der Waals surface area contributed by atoms with Crippen LogP contribution in [0.1, 0.15) is 29.8 Å². The van der Waals surface area contributed by atoms with Gasteiger partial charge in [0.25, 0.3) is 5.91 Å². The predicted octanol–water partition coefficient (Wildman–Crippen LogP) is 2.02. The number of unbranched alkanes of at least 4 members (excludes halogenated alkanes) is 2. The second-order valence-electron chi connectivity index (χ2n) is 7.22. The molecule has 0 unspecified atom stereocenters. The molecular weight excluding hydrogens is 399 g/mol. The van der Waals surface area contributed by atoms with Gasteiger partial charge in [0.2, 0.25) is 5.96 Å². The number of amides is 1. The Kier molecular flexibility index (Phi) is 8.37. The minimum absolute atomic E-state index is 0.0395. The van der Waals surface area contributed by atoms with Gasteiger partial charge in [0.15, 0.2) is 12.0 Å². The summed E-state index contributed by atoms with van der Waals surface area (Å²) in [5.74, 6) is -0.352. The number of pyridine rings is 1. The van der Waals surface area contributed by atoms with Gasteiger partial charge < -0.3 is 15.2 Å². The van der Waals surface area contributed by atoms with Crippen molar-refractivity contribution >= 4 is 17.6 Å². The minimum Gasteiger partial charge on any atom is -0.355 e. The van der Waals surface area contributed by atoms with E-state index in [4.69, 9.17) is 5.26 Å². The average Bonchev–Trinajstić information content (AvgIpc) is 3.22. The lowest BCUT2D eigenvalue weighted by Gasteiger charge is -2.34. The highest BCUT2D eigenvalue weighted by Gasteiger charge is 2.24. The molecule has 1 aliphatic heterocycles. The molecule has 1 aliphatic rings. The monoisotopic (exact) mass is 426 g/mol. The summed E-state index contributed by atoms with van der Waals surface area (Å²) in [5, 5.41) is 14.5. The predicted molar refractivity (Wildman–Crippen MR) is 116 cm³/mol. The molecule has 3 N–H and O–H groups in total. The molecule has 0 atom stereocenters. The number of aliphatic imine (C=N–C) groups is 1. The second kappa shape index (κ2) is 11.7. The van der Waals surface area contributed by atoms with E-state index in [0.717, 1.165) is 44.6 Å². The fourth-order valence-electron chi connectivity index (χ4n) is 3.40. The molecule has 0 radical (unpaired) electrons. The van der Waals surface area contributed by atoms with Crippen molar-refractivity contribution in [1.29, 1.82) is 5.26 Å². The van der Waals surface area contributed by atoms with E-state index in [2.05, 4.69) is 30.5 Å². The zero-order valence-corrected chi connectivity index (χ0v) is 17.4. The van der Waals surface area contributed by atoms with Gasteiger partial charge >= 0.3 is 0 Å². The smallest absolute Gasteiger partial charge is 0.273 e. The third-order valence-electron chi connectivity index (χ3n) is 5.09. The number of piperazine rings is 1. The number of hydrogen-bond donors (Lipinski definition) is 3. The van der Waals surface area contributed by atoms with Gasteiger partial charge in [0.05, 0.1) is 0 Å². The molecule has 9 nitrogen and oxygen atoms in total. The number of rotatable bonds is 8. The van der Waals surface area contributed by atoms with Crippen LogP contribution in [0.3, 0.4) is 0 Å². The number of aromatic amines is 1. The Labute approximate surface area is 181 Å². The van der Waals surface area contributed by atoms with Crippen molar-refractivity contribution in [3.8, 4) is 6.19 Å². The van der Waals surface area contributed by atoms with E-state index in [1.165, 1.54) is 12.3 Å². The van der Waals surface area contributed by atoms with Crippen LogP contribution in [0, 0.1) is 17.3 Å². The highest BCUT2D eigenvalue weighted by atomic mass is 19.1. The van der Waals surface area contributed by atoms with Crippen LogP contribution in [0.2, 0.25) is 0 Å². The summed E-state index contributed by atoms with van der Waals surface area (Å²) in [4.78, 5) is 27.4. The molecule has 164 valence electrons. The molecule has 0 bridgehead atoms. The molecule has 2 aromatic heterocycles. The van der Waals surface area contributed by atoms with Crippen molar-refractivity contribution < 1.29 is 9.18 Å². The van der Waals surface area contributed by atoms with Crippen molar-refractivity contribution in [2.45, 2.75) is 19.3 Å². The molecule has 31 heavy (non-hydrogen) atoms. The van der Waals surface area contributed by atoms with Gasteiger partial charge in [-0.05, 0) is 37.6 Å². The fraction of sp³-hybridized carbons (Fsp3) is 0.429. The lowest BCUT2D eigenvalue weighted by Crippen LogP contribution is -2.49. The number of H-pyrrole nitrogens is 1. The normalized spacial score (nSPS) is 14.8. The average molecular weight is 427 g/mol. The maximum absolute atomic E-state index is 13.6. The standard InChI is InChI=1S/C21H27FN8O/c22-18-6-10-25-19(18)20(31)30-14-12-29(13-15-30)11-3-1-2-7-26-21(27-16-23)28-17-4-8-24-9-5-17/h4-6,8-10,25H,1-3,7,11-15H2,(H2,24,26,27,28). The van der Waals surface area contributed by atoms with Crippen molar-refractivity contribution in [2.75, 3.05) is 44.6 Å². The molecule has 0 spiro atoms. The highest BCUT2D eigenvalue weighted by molar-refractivity contribution is 5.94. The quantitative estimate of drug-likeness (QED) is 0.196. The third kappa shape index (κ3) is 6.79. The zero-order chi connectivity index (χ0) is 21.9.